The van der Waals surface area contributed by atoms with Crippen molar-refractivity contribution in [1.82, 2.24) is 5.43 Å². The van der Waals surface area contributed by atoms with Gasteiger partial charge in [0.2, 0.25) is 0 Å². The summed E-state index contributed by atoms with van der Waals surface area (Å²) in [6.45, 7) is 0. The lowest BCUT2D eigenvalue weighted by Gasteiger charge is -2.18. The Balaban J connectivity index is 2.92. The summed E-state index contributed by atoms with van der Waals surface area (Å²) in [5, 5.41) is -0.442. The maximum absolute atomic E-state index is 13.5. The van der Waals surface area contributed by atoms with Crippen molar-refractivity contribution in [2.75, 3.05) is 0 Å². The molecule has 0 saturated heterocycles. The SMILES string of the molecule is NNC(CCC(F)(F)F)c1cc(F)c(Cl)cc1F. The van der Waals surface area contributed by atoms with Crippen LogP contribution < -0.4 is 11.3 Å². The summed E-state index contributed by atoms with van der Waals surface area (Å²) >= 11 is 5.34. The van der Waals surface area contributed by atoms with Crippen LogP contribution >= 0.6 is 11.6 Å². The highest BCUT2D eigenvalue weighted by molar-refractivity contribution is 6.30. The van der Waals surface area contributed by atoms with E-state index in [1.807, 2.05) is 5.43 Å². The molecular formula is C10H10ClF5N2. The quantitative estimate of drug-likeness (QED) is 0.385. The average molecular weight is 289 g/mol. The molecule has 0 amide bonds. The van der Waals surface area contributed by atoms with E-state index >= 15 is 0 Å². The molecule has 102 valence electrons. The van der Waals surface area contributed by atoms with E-state index in [0.717, 1.165) is 6.07 Å². The summed E-state index contributed by atoms with van der Waals surface area (Å²) < 4.78 is 62.8. The summed E-state index contributed by atoms with van der Waals surface area (Å²) in [4.78, 5) is 0. The van der Waals surface area contributed by atoms with Gasteiger partial charge in [-0.1, -0.05) is 11.6 Å². The molecule has 0 aliphatic heterocycles. The molecule has 1 unspecified atom stereocenters. The standard InChI is InChI=1S/C10H10ClF5N2/c11-6-4-7(12)5(3-8(6)13)9(18-17)1-2-10(14,15)16/h3-4,9,18H,1-2,17H2. The maximum Gasteiger partial charge on any atom is 0.389 e. The molecule has 0 heterocycles. The molecule has 0 aliphatic carbocycles. The molecular weight excluding hydrogens is 279 g/mol. The van der Waals surface area contributed by atoms with E-state index in [2.05, 4.69) is 0 Å². The highest BCUT2D eigenvalue weighted by Gasteiger charge is 2.29. The second-order valence-corrected chi connectivity index (χ2v) is 4.07. The molecule has 0 aliphatic rings. The highest BCUT2D eigenvalue weighted by atomic mass is 35.5. The van der Waals surface area contributed by atoms with Crippen LogP contribution in [0.3, 0.4) is 0 Å². The van der Waals surface area contributed by atoms with E-state index in [9.17, 15) is 22.0 Å². The summed E-state index contributed by atoms with van der Waals surface area (Å²) in [5.41, 5.74) is 1.74. The van der Waals surface area contributed by atoms with Gasteiger partial charge in [-0.05, 0) is 18.6 Å². The van der Waals surface area contributed by atoms with Gasteiger partial charge in [0.05, 0.1) is 5.02 Å². The predicted octanol–water partition coefficient (Wildman–Crippen LogP) is 3.47. The fourth-order valence-electron chi connectivity index (χ4n) is 1.44. The molecule has 3 N–H and O–H groups in total. The second-order valence-electron chi connectivity index (χ2n) is 3.66. The van der Waals surface area contributed by atoms with Crippen molar-refractivity contribution in [1.29, 1.82) is 0 Å². The largest absolute Gasteiger partial charge is 0.389 e. The third-order valence-corrected chi connectivity index (χ3v) is 2.62. The van der Waals surface area contributed by atoms with E-state index in [-0.39, 0.29) is 5.56 Å². The van der Waals surface area contributed by atoms with E-state index in [1.54, 1.807) is 0 Å². The van der Waals surface area contributed by atoms with Crippen molar-refractivity contribution in [3.05, 3.63) is 34.4 Å². The number of nitrogens with two attached hydrogens (primary N) is 1. The van der Waals surface area contributed by atoms with Crippen molar-refractivity contribution in [2.24, 2.45) is 5.84 Å². The Morgan fingerprint density at radius 1 is 1.22 bits per heavy atom. The zero-order chi connectivity index (χ0) is 13.9. The molecule has 0 saturated carbocycles. The van der Waals surface area contributed by atoms with Crippen molar-refractivity contribution in [3.63, 3.8) is 0 Å². The van der Waals surface area contributed by atoms with Crippen LogP contribution in [0.2, 0.25) is 5.02 Å². The Bertz CT molecular complexity index is 421. The Morgan fingerprint density at radius 2 is 1.83 bits per heavy atom. The highest BCUT2D eigenvalue weighted by Crippen LogP contribution is 2.30. The summed E-state index contributed by atoms with van der Waals surface area (Å²) in [6.07, 6.45) is -6.06. The van der Waals surface area contributed by atoms with Crippen molar-refractivity contribution in [2.45, 2.75) is 25.1 Å². The Labute approximate surface area is 105 Å². The normalized spacial score (nSPS) is 13.7. The van der Waals surface area contributed by atoms with Gasteiger partial charge in [0, 0.05) is 18.0 Å². The monoisotopic (exact) mass is 288 g/mol. The molecule has 0 radical (unpaired) electrons. The first kappa shape index (κ1) is 15.1. The summed E-state index contributed by atoms with van der Waals surface area (Å²) in [7, 11) is 0. The predicted molar refractivity (Wildman–Crippen MR) is 56.7 cm³/mol. The molecule has 1 aromatic rings. The number of rotatable bonds is 4. The zero-order valence-corrected chi connectivity index (χ0v) is 9.75. The molecule has 0 aromatic heterocycles. The first-order chi connectivity index (χ1) is 8.24. The number of nitrogens with one attached hydrogen (secondary N) is 1. The van der Waals surface area contributed by atoms with E-state index in [4.69, 9.17) is 17.4 Å². The van der Waals surface area contributed by atoms with Gasteiger partial charge in [0.25, 0.3) is 0 Å². The lowest BCUT2D eigenvalue weighted by molar-refractivity contribution is -0.136. The van der Waals surface area contributed by atoms with Crippen LogP contribution in [0.15, 0.2) is 12.1 Å². The first-order valence-electron chi connectivity index (χ1n) is 4.92. The molecule has 0 spiro atoms. The van der Waals surface area contributed by atoms with Crippen LogP contribution in [0.25, 0.3) is 0 Å². The zero-order valence-electron chi connectivity index (χ0n) is 8.99. The number of hydrogen-bond acceptors (Lipinski definition) is 2. The molecule has 1 atom stereocenters. The Kier molecular flexibility index (Phi) is 4.89. The van der Waals surface area contributed by atoms with Crippen molar-refractivity contribution in [3.8, 4) is 0 Å². The Morgan fingerprint density at radius 3 is 2.33 bits per heavy atom. The van der Waals surface area contributed by atoms with Crippen LogP contribution in [0.4, 0.5) is 22.0 Å². The van der Waals surface area contributed by atoms with Gasteiger partial charge in [-0.15, -0.1) is 0 Å². The molecule has 0 bridgehead atoms. The fraction of sp³-hybridized carbons (Fsp3) is 0.400. The fourth-order valence-corrected chi connectivity index (χ4v) is 1.59. The van der Waals surface area contributed by atoms with Crippen LogP contribution in [-0.2, 0) is 0 Å². The minimum absolute atomic E-state index is 0.288. The van der Waals surface area contributed by atoms with Crippen LogP contribution in [0.1, 0.15) is 24.4 Å². The van der Waals surface area contributed by atoms with Gasteiger partial charge in [0.1, 0.15) is 11.6 Å². The van der Waals surface area contributed by atoms with E-state index < -0.39 is 41.7 Å². The van der Waals surface area contributed by atoms with E-state index in [1.165, 1.54) is 0 Å². The number of hydrogen-bond donors (Lipinski definition) is 2. The number of alkyl halides is 3. The summed E-state index contributed by atoms with van der Waals surface area (Å²) in [6, 6.07) is 0.293. The van der Waals surface area contributed by atoms with Crippen LogP contribution in [-0.4, -0.2) is 6.18 Å². The third kappa shape index (κ3) is 4.08. The first-order valence-corrected chi connectivity index (χ1v) is 5.29. The molecule has 1 rings (SSSR count). The third-order valence-electron chi connectivity index (χ3n) is 2.33. The minimum Gasteiger partial charge on any atom is -0.271 e. The van der Waals surface area contributed by atoms with Gasteiger partial charge >= 0.3 is 6.18 Å². The van der Waals surface area contributed by atoms with Crippen LogP contribution in [0, 0.1) is 11.6 Å². The second kappa shape index (κ2) is 5.81. The van der Waals surface area contributed by atoms with E-state index in [0.29, 0.717) is 6.07 Å². The smallest absolute Gasteiger partial charge is 0.271 e. The lowest BCUT2D eigenvalue weighted by Crippen LogP contribution is -2.30. The van der Waals surface area contributed by atoms with Crippen LogP contribution in [0.5, 0.6) is 0 Å². The van der Waals surface area contributed by atoms with Gasteiger partial charge in [-0.2, -0.15) is 13.2 Å². The minimum atomic E-state index is -4.39. The molecule has 8 heteroatoms. The number of hydrazine groups is 1. The molecule has 1 aromatic carbocycles. The van der Waals surface area contributed by atoms with Gasteiger partial charge in [-0.3, -0.25) is 11.3 Å². The Hall–Kier alpha value is -0.920. The molecule has 18 heavy (non-hydrogen) atoms. The van der Waals surface area contributed by atoms with Gasteiger partial charge in [-0.25, -0.2) is 8.78 Å². The molecule has 0 fully saturated rings. The van der Waals surface area contributed by atoms with Crippen molar-refractivity contribution >= 4 is 11.6 Å². The van der Waals surface area contributed by atoms with Gasteiger partial charge in [0.15, 0.2) is 0 Å². The average Bonchev–Trinajstić information content (AvgIpc) is 2.24. The molecule has 2 nitrogen and oxygen atoms in total. The maximum atomic E-state index is 13.5. The van der Waals surface area contributed by atoms with Gasteiger partial charge < -0.3 is 0 Å². The summed E-state index contributed by atoms with van der Waals surface area (Å²) in [5.74, 6) is 3.22. The number of benzene rings is 1. The van der Waals surface area contributed by atoms with Crippen molar-refractivity contribution < 1.29 is 22.0 Å². The topological polar surface area (TPSA) is 38.0 Å². The lowest BCUT2D eigenvalue weighted by atomic mass is 10.0. The number of halogens is 6.